The van der Waals surface area contributed by atoms with Crippen molar-refractivity contribution in [2.45, 2.75) is 32.7 Å². The molecule has 1 aromatic carbocycles. The van der Waals surface area contributed by atoms with Gasteiger partial charge in [-0.05, 0) is 50.1 Å². The number of H-pyrrole nitrogens is 1. The molecule has 148 valence electrons. The molecule has 0 unspecified atom stereocenters. The first-order chi connectivity index (χ1) is 13.2. The van der Waals surface area contributed by atoms with E-state index in [0.29, 0.717) is 23.7 Å². The van der Waals surface area contributed by atoms with Crippen LogP contribution in [-0.4, -0.2) is 27.8 Å². The number of aryl methyl sites for hydroxylation is 1. The average Bonchev–Trinajstić information content (AvgIpc) is 3.05. The predicted molar refractivity (Wildman–Crippen MR) is 108 cm³/mol. The number of hydrogen-bond donors (Lipinski definition) is 3. The second-order valence-electron chi connectivity index (χ2n) is 6.49. The number of primary amides is 1. The fourth-order valence-electron chi connectivity index (χ4n) is 2.44. The van der Waals surface area contributed by atoms with Crippen molar-refractivity contribution in [3.05, 3.63) is 64.8 Å². The molecule has 3 aromatic rings. The fraction of sp³-hybridized carbons (Fsp3) is 0.250. The van der Waals surface area contributed by atoms with E-state index >= 15 is 0 Å². The molecule has 0 fully saturated rings. The molecule has 0 radical (unpaired) electrons. The number of aromatic amines is 1. The lowest BCUT2D eigenvalue weighted by molar-refractivity contribution is -0.121. The lowest BCUT2D eigenvalue weighted by Gasteiger charge is -2.07. The van der Waals surface area contributed by atoms with Crippen LogP contribution in [0.4, 0.5) is 4.39 Å². The van der Waals surface area contributed by atoms with Gasteiger partial charge in [0, 0.05) is 17.8 Å². The molecule has 4 N–H and O–H groups in total. The summed E-state index contributed by atoms with van der Waals surface area (Å²) in [5.74, 6) is -0.702. The van der Waals surface area contributed by atoms with E-state index in [1.165, 1.54) is 12.1 Å². The van der Waals surface area contributed by atoms with Crippen LogP contribution in [-0.2, 0) is 11.2 Å². The quantitative estimate of drug-likeness (QED) is 0.566. The van der Waals surface area contributed by atoms with Crippen molar-refractivity contribution in [2.24, 2.45) is 5.73 Å². The van der Waals surface area contributed by atoms with E-state index in [-0.39, 0.29) is 17.8 Å². The van der Waals surface area contributed by atoms with E-state index in [2.05, 4.69) is 15.3 Å². The number of nitrogens with one attached hydrogen (secondary N) is 2. The zero-order valence-corrected chi connectivity index (χ0v) is 16.4. The minimum absolute atomic E-state index is 0.0364. The first-order valence-corrected chi connectivity index (χ1v) is 9.10. The van der Waals surface area contributed by atoms with Crippen LogP contribution in [0, 0.1) is 5.82 Å². The largest absolute Gasteiger partial charge is 0.364 e. The first-order valence-electron chi connectivity index (χ1n) is 8.72. The highest BCUT2D eigenvalue weighted by Gasteiger charge is 2.06. The highest BCUT2D eigenvalue weighted by atomic mass is 35.5. The number of pyridine rings is 1. The maximum Gasteiger partial charge on any atom is 0.265 e. The number of nitrogens with zero attached hydrogens (tertiary/aromatic N) is 1. The summed E-state index contributed by atoms with van der Waals surface area (Å²) in [7, 11) is 0. The van der Waals surface area contributed by atoms with Crippen molar-refractivity contribution in [2.75, 3.05) is 0 Å². The minimum Gasteiger partial charge on any atom is -0.364 e. The minimum atomic E-state index is -0.493. The maximum atomic E-state index is 12.6. The van der Waals surface area contributed by atoms with Gasteiger partial charge in [0.25, 0.3) is 5.91 Å². The van der Waals surface area contributed by atoms with E-state index in [1.54, 1.807) is 30.5 Å². The van der Waals surface area contributed by atoms with E-state index in [4.69, 9.17) is 17.3 Å². The Morgan fingerprint density at radius 1 is 1.25 bits per heavy atom. The summed E-state index contributed by atoms with van der Waals surface area (Å²) in [6.07, 6.45) is 2.66. The molecular weight excluding hydrogens is 383 g/mol. The topological polar surface area (TPSA) is 101 Å². The monoisotopic (exact) mass is 404 g/mol. The molecule has 0 saturated heterocycles. The molecule has 2 heterocycles. The van der Waals surface area contributed by atoms with Crippen LogP contribution < -0.4 is 11.1 Å². The number of hydrogen-bond acceptors (Lipinski definition) is 3. The van der Waals surface area contributed by atoms with Gasteiger partial charge in [0.15, 0.2) is 0 Å². The second-order valence-corrected chi connectivity index (χ2v) is 6.88. The molecular formula is C20H22ClFN4O2. The summed E-state index contributed by atoms with van der Waals surface area (Å²) in [4.78, 5) is 28.8. The van der Waals surface area contributed by atoms with Gasteiger partial charge in [0.1, 0.15) is 16.7 Å². The summed E-state index contributed by atoms with van der Waals surface area (Å²) in [6, 6.07) is 9.72. The van der Waals surface area contributed by atoms with Gasteiger partial charge in [-0.15, -0.1) is 0 Å². The SMILES string of the molecule is CC(C)NC(=O)CCc1ccc(F)cc1.NC(=O)c1cc2cc(Cl)ncc2[nH]1. The lowest BCUT2D eigenvalue weighted by atomic mass is 10.1. The lowest BCUT2D eigenvalue weighted by Crippen LogP contribution is -2.30. The van der Waals surface area contributed by atoms with Gasteiger partial charge < -0.3 is 16.0 Å². The Kier molecular flexibility index (Phi) is 7.52. The molecule has 0 aliphatic rings. The highest BCUT2D eigenvalue weighted by Crippen LogP contribution is 2.17. The Balaban J connectivity index is 0.000000202. The van der Waals surface area contributed by atoms with Crippen molar-refractivity contribution in [3.8, 4) is 0 Å². The maximum absolute atomic E-state index is 12.6. The molecule has 28 heavy (non-hydrogen) atoms. The molecule has 0 saturated carbocycles. The number of fused-ring (bicyclic) bond motifs is 1. The van der Waals surface area contributed by atoms with Crippen molar-refractivity contribution < 1.29 is 14.0 Å². The van der Waals surface area contributed by atoms with Crippen LogP contribution >= 0.6 is 11.6 Å². The zero-order chi connectivity index (χ0) is 20.7. The van der Waals surface area contributed by atoms with Crippen molar-refractivity contribution >= 4 is 34.3 Å². The van der Waals surface area contributed by atoms with Crippen molar-refractivity contribution in [3.63, 3.8) is 0 Å². The normalized spacial score (nSPS) is 10.5. The number of carbonyl (C=O) groups is 2. The molecule has 6 nitrogen and oxygen atoms in total. The van der Waals surface area contributed by atoms with Gasteiger partial charge in [-0.25, -0.2) is 9.37 Å². The van der Waals surface area contributed by atoms with Crippen LogP contribution in [0.3, 0.4) is 0 Å². The van der Waals surface area contributed by atoms with E-state index in [9.17, 15) is 14.0 Å². The number of rotatable bonds is 5. The Hall–Kier alpha value is -2.93. The summed E-state index contributed by atoms with van der Waals surface area (Å²) in [6.45, 7) is 3.85. The first kappa shape index (κ1) is 21.4. The molecule has 8 heteroatoms. The third-order valence-electron chi connectivity index (χ3n) is 3.74. The summed E-state index contributed by atoms with van der Waals surface area (Å²) < 4.78 is 12.6. The Morgan fingerprint density at radius 3 is 2.54 bits per heavy atom. The van der Waals surface area contributed by atoms with Gasteiger partial charge in [0.05, 0.1) is 11.7 Å². The molecule has 0 spiro atoms. The Morgan fingerprint density at radius 2 is 1.93 bits per heavy atom. The van der Waals surface area contributed by atoms with Crippen LogP contribution in [0.15, 0.2) is 42.6 Å². The molecule has 0 aliphatic carbocycles. The van der Waals surface area contributed by atoms with Gasteiger partial charge in [-0.2, -0.15) is 0 Å². The molecule has 0 atom stereocenters. The van der Waals surface area contributed by atoms with Gasteiger partial charge in [-0.3, -0.25) is 9.59 Å². The summed E-state index contributed by atoms with van der Waals surface area (Å²) in [5, 5.41) is 4.03. The van der Waals surface area contributed by atoms with Crippen LogP contribution in [0.2, 0.25) is 5.15 Å². The van der Waals surface area contributed by atoms with E-state index in [1.807, 2.05) is 13.8 Å². The number of aromatic nitrogens is 2. The number of nitrogens with two attached hydrogens (primary N) is 1. The predicted octanol–water partition coefficient (Wildman–Crippen LogP) is 3.60. The zero-order valence-electron chi connectivity index (χ0n) is 15.6. The van der Waals surface area contributed by atoms with Crippen molar-refractivity contribution in [1.82, 2.24) is 15.3 Å². The Bertz CT molecular complexity index is 954. The number of halogens is 2. The average molecular weight is 405 g/mol. The number of benzene rings is 1. The third-order valence-corrected chi connectivity index (χ3v) is 3.95. The third kappa shape index (κ3) is 6.66. The highest BCUT2D eigenvalue weighted by molar-refractivity contribution is 6.30. The van der Waals surface area contributed by atoms with Crippen molar-refractivity contribution in [1.29, 1.82) is 0 Å². The summed E-state index contributed by atoms with van der Waals surface area (Å²) >= 11 is 5.67. The van der Waals surface area contributed by atoms with Gasteiger partial charge >= 0.3 is 0 Å². The second kappa shape index (κ2) is 9.85. The van der Waals surface area contributed by atoms with Crippen LogP contribution in [0.1, 0.15) is 36.3 Å². The molecule has 0 aliphatic heterocycles. The standard InChI is InChI=1S/C12H16FNO.C8H6ClN3O/c1-9(2)14-12(15)8-5-10-3-6-11(13)7-4-10;9-7-2-4-1-5(8(10)13)12-6(4)3-11-7/h3-4,6-7,9H,5,8H2,1-2H3,(H,14,15);1-3,12H,(H2,10,13). The van der Waals surface area contributed by atoms with Gasteiger partial charge in [-0.1, -0.05) is 23.7 Å². The van der Waals surface area contributed by atoms with Crippen LogP contribution in [0.5, 0.6) is 0 Å². The molecule has 0 bridgehead atoms. The molecule has 2 amide bonds. The molecule has 2 aromatic heterocycles. The van der Waals surface area contributed by atoms with Crippen LogP contribution in [0.25, 0.3) is 10.9 Å². The Labute approximate surface area is 167 Å². The van der Waals surface area contributed by atoms with E-state index in [0.717, 1.165) is 16.5 Å². The number of amides is 2. The summed E-state index contributed by atoms with van der Waals surface area (Å²) in [5.41, 5.74) is 7.18. The number of carbonyl (C=O) groups excluding carboxylic acids is 2. The fourth-order valence-corrected chi connectivity index (χ4v) is 2.61. The van der Waals surface area contributed by atoms with Gasteiger partial charge in [0.2, 0.25) is 5.91 Å². The smallest absolute Gasteiger partial charge is 0.265 e. The van der Waals surface area contributed by atoms with E-state index < -0.39 is 5.91 Å². The molecule has 3 rings (SSSR count).